The molecule has 3 aromatic rings. The molecule has 0 radical (unpaired) electrons. The number of halogens is 2. The van der Waals surface area contributed by atoms with Gasteiger partial charge >= 0.3 is 5.97 Å². The minimum Gasteiger partial charge on any atom is -0.465 e. The third-order valence-electron chi connectivity index (χ3n) is 9.04. The highest BCUT2D eigenvalue weighted by Gasteiger charge is 2.39. The number of H-pyrrole nitrogens is 1. The van der Waals surface area contributed by atoms with Gasteiger partial charge in [-0.3, -0.25) is 19.3 Å². The average Bonchev–Trinajstić information content (AvgIpc) is 3.43. The van der Waals surface area contributed by atoms with Crippen molar-refractivity contribution in [2.24, 2.45) is 5.92 Å². The summed E-state index contributed by atoms with van der Waals surface area (Å²) in [6, 6.07) is 7.75. The van der Waals surface area contributed by atoms with Gasteiger partial charge in [0.1, 0.15) is 17.7 Å². The van der Waals surface area contributed by atoms with E-state index in [4.69, 9.17) is 4.74 Å². The molecule has 0 spiro atoms. The first-order valence-electron chi connectivity index (χ1n) is 15.8. The number of anilines is 1. The zero-order valence-corrected chi connectivity index (χ0v) is 27.6. The zero-order chi connectivity index (χ0) is 33.9. The van der Waals surface area contributed by atoms with Crippen LogP contribution in [-0.2, 0) is 29.1 Å². The predicted molar refractivity (Wildman–Crippen MR) is 175 cm³/mol. The number of carbonyl (C=O) groups excluding carboxylic acids is 3. The van der Waals surface area contributed by atoms with Crippen LogP contribution in [0.15, 0.2) is 48.7 Å². The van der Waals surface area contributed by atoms with Crippen molar-refractivity contribution >= 4 is 50.5 Å². The van der Waals surface area contributed by atoms with Crippen LogP contribution in [0.3, 0.4) is 0 Å². The molecule has 2 amide bonds. The lowest BCUT2D eigenvalue weighted by Crippen LogP contribution is -2.53. The topological polar surface area (TPSA) is 120 Å². The molecule has 13 heteroatoms. The third-order valence-corrected chi connectivity index (χ3v) is 10.2. The largest absolute Gasteiger partial charge is 0.465 e. The maximum atomic E-state index is 13.5. The van der Waals surface area contributed by atoms with Crippen LogP contribution in [0.25, 0.3) is 17.0 Å². The number of piperidine rings is 2. The van der Waals surface area contributed by atoms with E-state index in [1.807, 2.05) is 6.20 Å². The highest BCUT2D eigenvalue weighted by Crippen LogP contribution is 2.37. The SMILES string of the molecule is CCOC(=O)C(C1CCN(C(=O)/C=C/c2cc(F)cc(F)c2)CC1)N1CCC(c2c[nH]c3ccc(N(C(C)=O)S(C)(=O)=O)cc23)CC1. The van der Waals surface area contributed by atoms with Gasteiger partial charge < -0.3 is 14.6 Å². The van der Waals surface area contributed by atoms with Gasteiger partial charge in [0.2, 0.25) is 21.8 Å². The van der Waals surface area contributed by atoms with Crippen molar-refractivity contribution in [3.8, 4) is 0 Å². The molecule has 0 bridgehead atoms. The Labute approximate surface area is 273 Å². The number of aromatic nitrogens is 1. The molecule has 10 nitrogen and oxygen atoms in total. The lowest BCUT2D eigenvalue weighted by Gasteiger charge is -2.42. The molecule has 0 saturated carbocycles. The summed E-state index contributed by atoms with van der Waals surface area (Å²) in [5.74, 6) is -2.41. The molecule has 252 valence electrons. The maximum absolute atomic E-state index is 13.5. The van der Waals surface area contributed by atoms with E-state index in [0.717, 1.165) is 58.1 Å². The van der Waals surface area contributed by atoms with E-state index in [2.05, 4.69) is 9.88 Å². The number of likely N-dealkylation sites (tertiary alicyclic amines) is 2. The Hall–Kier alpha value is -4.10. The van der Waals surface area contributed by atoms with E-state index in [9.17, 15) is 31.6 Å². The van der Waals surface area contributed by atoms with Crippen LogP contribution in [0, 0.1) is 17.6 Å². The first-order chi connectivity index (χ1) is 22.3. The van der Waals surface area contributed by atoms with E-state index >= 15 is 0 Å². The van der Waals surface area contributed by atoms with Gasteiger partial charge in [-0.05, 0) is 105 Å². The molecule has 2 aliphatic heterocycles. The van der Waals surface area contributed by atoms with Crippen LogP contribution in [0.5, 0.6) is 0 Å². The molecule has 47 heavy (non-hydrogen) atoms. The molecule has 2 saturated heterocycles. The molecule has 1 atom stereocenters. The van der Waals surface area contributed by atoms with Gasteiger partial charge in [0.25, 0.3) is 0 Å². The maximum Gasteiger partial charge on any atom is 0.323 e. The van der Waals surface area contributed by atoms with Crippen LogP contribution in [0.2, 0.25) is 0 Å². The van der Waals surface area contributed by atoms with Crippen molar-refractivity contribution in [3.63, 3.8) is 0 Å². The van der Waals surface area contributed by atoms with Crippen LogP contribution in [0.4, 0.5) is 14.5 Å². The number of ether oxygens (including phenoxy) is 1. The van der Waals surface area contributed by atoms with Crippen molar-refractivity contribution in [1.82, 2.24) is 14.8 Å². The Morgan fingerprint density at radius 1 is 1.02 bits per heavy atom. The quantitative estimate of drug-likeness (QED) is 0.256. The second kappa shape index (κ2) is 14.3. The second-order valence-electron chi connectivity index (χ2n) is 12.2. The van der Waals surface area contributed by atoms with Gasteiger partial charge in [0, 0.05) is 49.3 Å². The van der Waals surface area contributed by atoms with Gasteiger partial charge in [0.05, 0.1) is 18.6 Å². The molecule has 1 aromatic heterocycles. The molecule has 0 aliphatic carbocycles. The lowest BCUT2D eigenvalue weighted by molar-refractivity contribution is -0.153. The third kappa shape index (κ3) is 7.90. The summed E-state index contributed by atoms with van der Waals surface area (Å²) in [5, 5.41) is 0.853. The fraction of sp³-hybridized carbons (Fsp3) is 0.441. The fourth-order valence-corrected chi connectivity index (χ4v) is 7.90. The normalized spacial score (nSPS) is 17.7. The number of amides is 2. The Bertz CT molecular complexity index is 1760. The highest BCUT2D eigenvalue weighted by atomic mass is 32.2. The van der Waals surface area contributed by atoms with Gasteiger partial charge in [-0.15, -0.1) is 0 Å². The van der Waals surface area contributed by atoms with E-state index in [1.165, 1.54) is 19.1 Å². The number of hydrogen-bond acceptors (Lipinski definition) is 7. The van der Waals surface area contributed by atoms with E-state index in [0.29, 0.717) is 39.0 Å². The molecular formula is C34H40F2N4O6S. The number of nitrogens with zero attached hydrogens (tertiary/aromatic N) is 3. The van der Waals surface area contributed by atoms with Crippen molar-refractivity contribution in [3.05, 3.63) is 71.4 Å². The van der Waals surface area contributed by atoms with Gasteiger partial charge in [-0.2, -0.15) is 0 Å². The second-order valence-corrected chi connectivity index (χ2v) is 14.1. The standard InChI is InChI=1S/C34H40F2N4O6S/c1-4-46-34(43)33(25-11-13-38(14-12-25)32(42)8-5-23-17-26(35)19-27(36)18-23)39-15-9-24(10-16-39)30-21-37-31-7-6-28(20-29(30)31)40(22(2)41)47(3,44)45/h5-8,17-21,24-25,33,37H,4,9-16H2,1-3H3/b8-5+. The number of esters is 1. The number of sulfonamides is 1. The highest BCUT2D eigenvalue weighted by molar-refractivity contribution is 7.92. The average molecular weight is 671 g/mol. The van der Waals surface area contributed by atoms with Crippen molar-refractivity contribution < 1.29 is 36.3 Å². The smallest absolute Gasteiger partial charge is 0.323 e. The summed E-state index contributed by atoms with van der Waals surface area (Å²) in [6.07, 6.45) is 8.38. The van der Waals surface area contributed by atoms with Gasteiger partial charge in [-0.25, -0.2) is 21.5 Å². The number of aromatic amines is 1. The monoisotopic (exact) mass is 670 g/mol. The molecular weight excluding hydrogens is 630 g/mol. The number of fused-ring (bicyclic) bond motifs is 1. The predicted octanol–water partition coefficient (Wildman–Crippen LogP) is 4.82. The lowest BCUT2D eigenvalue weighted by atomic mass is 9.84. The molecule has 2 aromatic carbocycles. The molecule has 1 unspecified atom stereocenters. The molecule has 1 N–H and O–H groups in total. The van der Waals surface area contributed by atoms with Crippen molar-refractivity contribution in [2.45, 2.75) is 51.5 Å². The first kappa shape index (κ1) is 34.2. The zero-order valence-electron chi connectivity index (χ0n) is 26.7. The summed E-state index contributed by atoms with van der Waals surface area (Å²) >= 11 is 0. The Balaban J connectivity index is 1.25. The van der Waals surface area contributed by atoms with E-state index < -0.39 is 33.6 Å². The number of nitrogens with one attached hydrogen (secondary N) is 1. The number of carbonyl (C=O) groups is 3. The summed E-state index contributed by atoms with van der Waals surface area (Å²) in [6.45, 7) is 5.44. The van der Waals surface area contributed by atoms with E-state index in [-0.39, 0.29) is 41.6 Å². The number of rotatable bonds is 9. The number of benzene rings is 2. The summed E-state index contributed by atoms with van der Waals surface area (Å²) in [5.41, 5.74) is 2.42. The van der Waals surface area contributed by atoms with E-state index in [1.54, 1.807) is 30.0 Å². The van der Waals surface area contributed by atoms with Crippen LogP contribution in [0.1, 0.15) is 56.6 Å². The first-order valence-corrected chi connectivity index (χ1v) is 17.7. The molecule has 2 fully saturated rings. The van der Waals surface area contributed by atoms with Gasteiger partial charge in [0.15, 0.2) is 0 Å². The van der Waals surface area contributed by atoms with Crippen molar-refractivity contribution in [1.29, 1.82) is 0 Å². The Kier molecular flexibility index (Phi) is 10.5. The molecule has 2 aliphatic rings. The number of hydrogen-bond donors (Lipinski definition) is 1. The van der Waals surface area contributed by atoms with Crippen LogP contribution >= 0.6 is 0 Å². The molecule has 3 heterocycles. The van der Waals surface area contributed by atoms with Crippen LogP contribution < -0.4 is 4.31 Å². The summed E-state index contributed by atoms with van der Waals surface area (Å²) in [7, 11) is -3.80. The minimum atomic E-state index is -3.80. The Morgan fingerprint density at radius 2 is 1.68 bits per heavy atom. The summed E-state index contributed by atoms with van der Waals surface area (Å²) in [4.78, 5) is 45.4. The molecule has 5 rings (SSSR count). The Morgan fingerprint density at radius 3 is 2.28 bits per heavy atom. The van der Waals surface area contributed by atoms with Crippen molar-refractivity contribution in [2.75, 3.05) is 43.3 Å². The van der Waals surface area contributed by atoms with Gasteiger partial charge in [-0.1, -0.05) is 0 Å². The minimum absolute atomic E-state index is 0.0138. The fourth-order valence-electron chi connectivity index (χ4n) is 6.94. The van der Waals surface area contributed by atoms with Crippen LogP contribution in [-0.4, -0.2) is 86.1 Å². The summed E-state index contributed by atoms with van der Waals surface area (Å²) < 4.78 is 58.0.